The van der Waals surface area contributed by atoms with Gasteiger partial charge in [-0.05, 0) is 81.3 Å². The molecule has 1 saturated heterocycles. The van der Waals surface area contributed by atoms with E-state index in [1.54, 1.807) is 57.2 Å². The number of hydrogen-bond donors (Lipinski definition) is 1. The van der Waals surface area contributed by atoms with Gasteiger partial charge in [0, 0.05) is 76.2 Å². The number of pyridine rings is 1. The largest absolute Gasteiger partial charge is 0.494 e. The summed E-state index contributed by atoms with van der Waals surface area (Å²) in [5.41, 5.74) is 3.32. The minimum Gasteiger partial charge on any atom is -0.494 e. The van der Waals surface area contributed by atoms with E-state index in [1.807, 2.05) is 4.90 Å². The standard InChI is InChI=1S/C55H69F3N8O15S2/c1-4-41-39-61(54(67)43-21-20-42(80-5-2)38-45(43)55(56,57)58)26-29-64(41)48-23-22-46(44-14-7-10-17-51(44)81-6-3)60-47(48)40-63(83(74,75)53-19-12-9-16-50(53)66(70)71)28-27-62(82(72,73)52-18-11-8-15-49(52)65(68)69)25-13-30-76-32-34-78-36-37-79-35-33-77-31-24-59/h7-12,14-23,38,41H,4-6,13,24-37,39-40,59H2,1-3H3. The van der Waals surface area contributed by atoms with Gasteiger partial charge >= 0.3 is 6.18 Å². The summed E-state index contributed by atoms with van der Waals surface area (Å²) in [6.45, 7) is 5.38. The Hall–Kier alpha value is -6.89. The number of nitrogens with two attached hydrogens (primary N) is 1. The molecule has 1 unspecified atom stereocenters. The summed E-state index contributed by atoms with van der Waals surface area (Å²) in [5.74, 6) is -0.509. The van der Waals surface area contributed by atoms with E-state index in [0.29, 0.717) is 62.1 Å². The maximum absolute atomic E-state index is 15.3. The van der Waals surface area contributed by atoms with E-state index in [-0.39, 0.29) is 83.7 Å². The van der Waals surface area contributed by atoms with Gasteiger partial charge in [-0.2, -0.15) is 21.8 Å². The van der Waals surface area contributed by atoms with E-state index < -0.39 is 99.9 Å². The monoisotopic (exact) mass is 1200 g/mol. The quantitative estimate of drug-likeness (QED) is 0.0238. The molecule has 2 N–H and O–H groups in total. The van der Waals surface area contributed by atoms with Crippen molar-refractivity contribution in [3.63, 3.8) is 0 Å². The van der Waals surface area contributed by atoms with Gasteiger partial charge in [-0.1, -0.05) is 43.3 Å². The maximum atomic E-state index is 15.3. The predicted octanol–water partition coefficient (Wildman–Crippen LogP) is 7.42. The SMILES string of the molecule is CCOc1ccc(C(=O)N2CCN(c3ccc(-c4ccccc4OCC)nc3CN(CCN(CCCOCCOCCOCCOCCN)S(=O)(=O)c3ccccc3[N+](=O)[O-])S(=O)(=O)c3ccccc3[N+](=O)[O-])C(CC)C2)c(C(F)(F)F)c1. The number of ether oxygens (including phenoxy) is 6. The Balaban J connectivity index is 1.37. The molecule has 1 aliphatic rings. The molecule has 1 aromatic heterocycles. The first kappa shape index (κ1) is 65.3. The molecular weight excluding hydrogens is 1130 g/mol. The van der Waals surface area contributed by atoms with Gasteiger partial charge in [-0.15, -0.1) is 0 Å². The molecule has 0 aliphatic carbocycles. The van der Waals surface area contributed by atoms with Crippen LogP contribution in [0, 0.1) is 20.2 Å². The van der Waals surface area contributed by atoms with Crippen LogP contribution in [0.1, 0.15) is 55.2 Å². The number of halogens is 3. The molecule has 6 rings (SSSR count). The average Bonchev–Trinajstić information content (AvgIpc) is 3.14. The summed E-state index contributed by atoms with van der Waals surface area (Å²) in [4.78, 5) is 44.0. The van der Waals surface area contributed by atoms with Crippen LogP contribution in [0.3, 0.4) is 0 Å². The highest BCUT2D eigenvalue weighted by Crippen LogP contribution is 2.38. The third-order valence-electron chi connectivity index (χ3n) is 13.2. The lowest BCUT2D eigenvalue weighted by Crippen LogP contribution is -2.55. The number of hydrogen-bond acceptors (Lipinski definition) is 18. The van der Waals surface area contributed by atoms with Gasteiger partial charge in [0.05, 0.1) is 104 Å². The number of carbonyl (C=O) groups excluding carboxylic acids is 1. The molecule has 5 aromatic rings. The highest BCUT2D eigenvalue weighted by Gasteiger charge is 2.40. The Morgan fingerprint density at radius 1 is 0.699 bits per heavy atom. The molecule has 1 aliphatic heterocycles. The number of anilines is 1. The molecule has 1 amide bonds. The number of carbonyl (C=O) groups is 1. The van der Waals surface area contributed by atoms with Crippen LogP contribution in [0.15, 0.2) is 113 Å². The molecule has 23 nitrogen and oxygen atoms in total. The number of piperazine rings is 1. The Labute approximate surface area is 480 Å². The number of amides is 1. The first-order valence-electron chi connectivity index (χ1n) is 26.9. The molecule has 2 heterocycles. The van der Waals surface area contributed by atoms with Crippen molar-refractivity contribution in [3.05, 3.63) is 140 Å². The molecular formula is C55H69F3N8O15S2. The number of nitro groups is 2. The second kappa shape index (κ2) is 31.1. The Kier molecular flexibility index (Phi) is 24.5. The lowest BCUT2D eigenvalue weighted by atomic mass is 10.0. The van der Waals surface area contributed by atoms with Gasteiger partial charge in [0.2, 0.25) is 20.0 Å². The zero-order valence-electron chi connectivity index (χ0n) is 46.3. The number of nitrogens with zero attached hydrogens (tertiary/aromatic N) is 7. The molecule has 0 radical (unpaired) electrons. The fraction of sp³-hybridized carbons (Fsp3) is 0.455. The second-order valence-corrected chi connectivity index (χ2v) is 22.3. The van der Waals surface area contributed by atoms with E-state index in [4.69, 9.17) is 39.1 Å². The molecule has 1 fully saturated rings. The zero-order chi connectivity index (χ0) is 60.2. The van der Waals surface area contributed by atoms with Gasteiger partial charge in [-0.3, -0.25) is 25.0 Å². The molecule has 452 valence electrons. The smallest absolute Gasteiger partial charge is 0.417 e. The van der Waals surface area contributed by atoms with Crippen molar-refractivity contribution in [2.45, 2.75) is 62.2 Å². The van der Waals surface area contributed by atoms with E-state index >= 15 is 8.42 Å². The number of benzene rings is 4. The fourth-order valence-electron chi connectivity index (χ4n) is 9.20. The third kappa shape index (κ3) is 17.4. The highest BCUT2D eigenvalue weighted by atomic mass is 32.2. The summed E-state index contributed by atoms with van der Waals surface area (Å²) in [6.07, 6.45) is -4.57. The molecule has 0 bridgehead atoms. The van der Waals surface area contributed by atoms with E-state index in [9.17, 15) is 46.6 Å². The van der Waals surface area contributed by atoms with Crippen LogP contribution < -0.4 is 20.1 Å². The van der Waals surface area contributed by atoms with Gasteiger partial charge in [-0.25, -0.2) is 21.8 Å². The number of para-hydroxylation sites is 3. The number of rotatable bonds is 34. The van der Waals surface area contributed by atoms with Crippen LogP contribution in [-0.2, 0) is 51.7 Å². The zero-order valence-corrected chi connectivity index (χ0v) is 47.9. The maximum Gasteiger partial charge on any atom is 0.417 e. The first-order chi connectivity index (χ1) is 39.8. The summed E-state index contributed by atoms with van der Waals surface area (Å²) in [6, 6.07) is 22.1. The fourth-order valence-corrected chi connectivity index (χ4v) is 12.4. The van der Waals surface area contributed by atoms with Crippen molar-refractivity contribution in [2.24, 2.45) is 5.73 Å². The van der Waals surface area contributed by atoms with Crippen molar-refractivity contribution < 1.29 is 73.1 Å². The normalized spacial score (nSPS) is 14.1. The van der Waals surface area contributed by atoms with Crippen LogP contribution in [-0.4, -0.2) is 169 Å². The summed E-state index contributed by atoms with van der Waals surface area (Å²) < 4.78 is 138. The van der Waals surface area contributed by atoms with Gasteiger partial charge in [0.25, 0.3) is 17.3 Å². The minimum atomic E-state index is -5.02. The van der Waals surface area contributed by atoms with E-state index in [1.165, 1.54) is 35.2 Å². The van der Waals surface area contributed by atoms with Crippen LogP contribution in [0.2, 0.25) is 0 Å². The highest BCUT2D eigenvalue weighted by molar-refractivity contribution is 7.89. The molecule has 0 spiro atoms. The molecule has 4 aromatic carbocycles. The van der Waals surface area contributed by atoms with E-state index in [2.05, 4.69) is 0 Å². The van der Waals surface area contributed by atoms with Crippen molar-refractivity contribution in [2.75, 3.05) is 117 Å². The summed E-state index contributed by atoms with van der Waals surface area (Å²) in [5, 5.41) is 24.8. The van der Waals surface area contributed by atoms with Crippen LogP contribution >= 0.6 is 0 Å². The van der Waals surface area contributed by atoms with Gasteiger partial charge in [0.15, 0.2) is 9.79 Å². The molecule has 28 heteroatoms. The molecule has 1 atom stereocenters. The van der Waals surface area contributed by atoms with Crippen molar-refractivity contribution in [3.8, 4) is 22.8 Å². The lowest BCUT2D eigenvalue weighted by Gasteiger charge is -2.43. The van der Waals surface area contributed by atoms with Crippen molar-refractivity contribution in [1.29, 1.82) is 0 Å². The average molecular weight is 1200 g/mol. The third-order valence-corrected chi connectivity index (χ3v) is 17.0. The summed E-state index contributed by atoms with van der Waals surface area (Å²) in [7, 11) is -9.84. The Morgan fingerprint density at radius 2 is 1.25 bits per heavy atom. The van der Waals surface area contributed by atoms with Crippen molar-refractivity contribution in [1.82, 2.24) is 18.5 Å². The lowest BCUT2D eigenvalue weighted by molar-refractivity contribution is -0.388. The molecule has 0 saturated carbocycles. The second-order valence-electron chi connectivity index (χ2n) is 18.5. The Morgan fingerprint density at radius 3 is 1.83 bits per heavy atom. The first-order valence-corrected chi connectivity index (χ1v) is 29.8. The number of sulfonamides is 2. The van der Waals surface area contributed by atoms with Crippen LogP contribution in [0.5, 0.6) is 11.5 Å². The van der Waals surface area contributed by atoms with Crippen LogP contribution in [0.4, 0.5) is 30.2 Å². The number of nitro benzene ring substituents is 2. The van der Waals surface area contributed by atoms with Crippen LogP contribution in [0.25, 0.3) is 11.3 Å². The van der Waals surface area contributed by atoms with E-state index in [0.717, 1.165) is 45.0 Å². The number of alkyl halides is 3. The topological polar surface area (TPSA) is 279 Å². The predicted molar refractivity (Wildman–Crippen MR) is 300 cm³/mol. The Bertz CT molecular complexity index is 3200. The summed E-state index contributed by atoms with van der Waals surface area (Å²) >= 11 is 0. The van der Waals surface area contributed by atoms with Gasteiger partial charge < -0.3 is 44.0 Å². The minimum absolute atomic E-state index is 0.0126. The molecule has 83 heavy (non-hydrogen) atoms. The number of aromatic nitrogens is 1. The van der Waals surface area contributed by atoms with Gasteiger partial charge in [0.1, 0.15) is 11.5 Å². The van der Waals surface area contributed by atoms with Crippen molar-refractivity contribution >= 4 is 43.0 Å².